The summed E-state index contributed by atoms with van der Waals surface area (Å²) in [4.78, 5) is 8.86. The molecule has 2 N–H and O–H groups in total. The fraction of sp³-hybridized carbons (Fsp3) is 0.167. The second kappa shape index (κ2) is 6.25. The zero-order chi connectivity index (χ0) is 16.4. The van der Waals surface area contributed by atoms with Crippen LogP contribution in [0.3, 0.4) is 0 Å². The summed E-state index contributed by atoms with van der Waals surface area (Å²) >= 11 is 0. The van der Waals surface area contributed by atoms with Crippen molar-refractivity contribution < 1.29 is 0 Å². The second-order valence-corrected chi connectivity index (χ2v) is 5.86. The number of fused-ring (bicyclic) bond motifs is 1. The number of aromatic amines is 1. The largest absolute Gasteiger partial charge is 0.302 e. The van der Waals surface area contributed by atoms with Crippen LogP contribution in [0.4, 0.5) is 5.82 Å². The lowest BCUT2D eigenvalue weighted by atomic mass is 10.0. The lowest BCUT2D eigenvalue weighted by molar-refractivity contribution is 0.209. The minimum atomic E-state index is 0.674. The number of hydrogen-bond acceptors (Lipinski definition) is 4. The molecule has 1 aliphatic rings. The molecule has 0 bridgehead atoms. The fourth-order valence-corrected chi connectivity index (χ4v) is 2.81. The van der Waals surface area contributed by atoms with Gasteiger partial charge in [-0.15, -0.1) is 0 Å². The van der Waals surface area contributed by atoms with Gasteiger partial charge in [0.2, 0.25) is 0 Å². The van der Waals surface area contributed by atoms with E-state index in [1.165, 1.54) is 5.56 Å². The monoisotopic (exact) mass is 318 g/mol. The third-order valence-corrected chi connectivity index (χ3v) is 3.91. The average molecular weight is 318 g/mol. The maximum atomic E-state index is 4.68. The quantitative estimate of drug-likeness (QED) is 0.779. The molecule has 120 valence electrons. The average Bonchev–Trinajstić information content (AvgIpc) is 3.01. The number of benzene rings is 1. The Bertz CT molecular complexity index is 868. The normalized spacial score (nSPS) is 16.0. The molecule has 1 aromatic carbocycles. The summed E-state index contributed by atoms with van der Waals surface area (Å²) in [5.41, 5.74) is 7.91. The third kappa shape index (κ3) is 3.04. The number of aliphatic imine (C=N–C) groups is 1. The maximum absolute atomic E-state index is 4.68. The number of hydrogen-bond donors (Lipinski definition) is 2. The van der Waals surface area contributed by atoms with E-state index in [4.69, 9.17) is 0 Å². The van der Waals surface area contributed by atoms with E-state index in [2.05, 4.69) is 54.9 Å². The Morgan fingerprint density at radius 2 is 2.12 bits per heavy atom. The van der Waals surface area contributed by atoms with Crippen molar-refractivity contribution in [3.63, 3.8) is 0 Å². The number of aromatic nitrogens is 3. The van der Waals surface area contributed by atoms with Gasteiger partial charge in [0, 0.05) is 42.8 Å². The van der Waals surface area contributed by atoms with E-state index in [-0.39, 0.29) is 0 Å². The van der Waals surface area contributed by atoms with Crippen molar-refractivity contribution in [2.45, 2.75) is 20.0 Å². The Hall–Kier alpha value is -2.99. The summed E-state index contributed by atoms with van der Waals surface area (Å²) in [7, 11) is 0. The molecule has 4 rings (SSSR count). The van der Waals surface area contributed by atoms with Gasteiger partial charge >= 0.3 is 0 Å². The summed E-state index contributed by atoms with van der Waals surface area (Å²) in [5, 5.41) is 9.27. The second-order valence-electron chi connectivity index (χ2n) is 5.86. The van der Waals surface area contributed by atoms with Crippen LogP contribution in [-0.4, -0.2) is 26.0 Å². The van der Waals surface area contributed by atoms with E-state index in [9.17, 15) is 0 Å². The van der Waals surface area contributed by atoms with E-state index in [1.54, 1.807) is 6.20 Å². The minimum absolute atomic E-state index is 0.674. The van der Waals surface area contributed by atoms with Gasteiger partial charge in [-0.2, -0.15) is 5.10 Å². The smallest absolute Gasteiger partial charge is 0.175 e. The van der Waals surface area contributed by atoms with Crippen molar-refractivity contribution in [1.29, 1.82) is 0 Å². The van der Waals surface area contributed by atoms with E-state index in [0.29, 0.717) is 5.82 Å². The molecule has 0 spiro atoms. The first-order valence-corrected chi connectivity index (χ1v) is 7.87. The molecule has 0 fully saturated rings. The molecule has 0 amide bonds. The van der Waals surface area contributed by atoms with Crippen molar-refractivity contribution in [3.05, 3.63) is 77.2 Å². The summed E-state index contributed by atoms with van der Waals surface area (Å²) in [6.45, 7) is 3.53. The molecular formula is C18H18N6. The first-order valence-electron chi connectivity index (χ1n) is 7.87. The summed E-state index contributed by atoms with van der Waals surface area (Å²) < 4.78 is 0. The molecule has 0 atom stereocenters. The molecule has 6 nitrogen and oxygen atoms in total. The van der Waals surface area contributed by atoms with E-state index >= 15 is 0 Å². The van der Waals surface area contributed by atoms with Crippen LogP contribution in [-0.2, 0) is 13.1 Å². The van der Waals surface area contributed by atoms with Gasteiger partial charge in [-0.3, -0.25) is 10.1 Å². The van der Waals surface area contributed by atoms with Crippen molar-refractivity contribution in [1.82, 2.24) is 25.6 Å². The Kier molecular flexibility index (Phi) is 3.80. The van der Waals surface area contributed by atoms with Crippen molar-refractivity contribution in [3.8, 4) is 0 Å². The van der Waals surface area contributed by atoms with Crippen LogP contribution in [0.25, 0.3) is 0 Å². The lowest BCUT2D eigenvalue weighted by Gasteiger charge is -2.31. The van der Waals surface area contributed by atoms with E-state index < -0.39 is 0 Å². The van der Waals surface area contributed by atoms with Gasteiger partial charge in [0.25, 0.3) is 0 Å². The van der Waals surface area contributed by atoms with Crippen LogP contribution in [0, 0.1) is 6.92 Å². The summed E-state index contributed by atoms with van der Waals surface area (Å²) in [6, 6.07) is 14.3. The molecule has 0 aliphatic carbocycles. The molecule has 24 heavy (non-hydrogen) atoms. The Balaban J connectivity index is 1.66. The topological polar surface area (TPSA) is 69.2 Å². The molecule has 0 radical (unpaired) electrons. The fourth-order valence-electron chi connectivity index (χ4n) is 2.81. The van der Waals surface area contributed by atoms with Crippen LogP contribution in [0.2, 0.25) is 0 Å². The van der Waals surface area contributed by atoms with E-state index in [1.807, 2.05) is 31.3 Å². The summed E-state index contributed by atoms with van der Waals surface area (Å²) in [5.74, 6) is 1.49. The molecule has 0 unspecified atom stereocenters. The van der Waals surface area contributed by atoms with Crippen molar-refractivity contribution in [2.75, 3.05) is 0 Å². The number of amidine groups is 1. The Morgan fingerprint density at radius 1 is 1.21 bits per heavy atom. The number of hydrazine groups is 1. The number of nitrogens with one attached hydrogen (secondary N) is 2. The van der Waals surface area contributed by atoms with Gasteiger partial charge in [0.05, 0.1) is 0 Å². The molecular weight excluding hydrogens is 300 g/mol. The number of aryl methyl sites for hydroxylation is 1. The first-order chi connectivity index (χ1) is 11.8. The van der Waals surface area contributed by atoms with Gasteiger partial charge in [0.1, 0.15) is 0 Å². The highest BCUT2D eigenvalue weighted by Gasteiger charge is 2.21. The van der Waals surface area contributed by atoms with Crippen LogP contribution in [0.15, 0.2) is 59.9 Å². The predicted octanol–water partition coefficient (Wildman–Crippen LogP) is 2.71. The van der Waals surface area contributed by atoms with Gasteiger partial charge in [-0.1, -0.05) is 30.3 Å². The Morgan fingerprint density at radius 3 is 2.92 bits per heavy atom. The number of nitrogens with zero attached hydrogens (tertiary/aromatic N) is 4. The van der Waals surface area contributed by atoms with Gasteiger partial charge in [0.15, 0.2) is 11.7 Å². The van der Waals surface area contributed by atoms with Crippen molar-refractivity contribution >= 4 is 11.7 Å². The van der Waals surface area contributed by atoms with Gasteiger partial charge < -0.3 is 5.43 Å². The Labute approximate surface area is 140 Å². The van der Waals surface area contributed by atoms with Crippen LogP contribution in [0.1, 0.15) is 22.4 Å². The molecule has 1 aliphatic heterocycles. The zero-order valence-electron chi connectivity index (χ0n) is 13.4. The minimum Gasteiger partial charge on any atom is -0.302 e. The zero-order valence-corrected chi connectivity index (χ0v) is 13.4. The molecule has 3 heterocycles. The maximum Gasteiger partial charge on any atom is 0.175 e. The first kappa shape index (κ1) is 14.6. The van der Waals surface area contributed by atoms with Gasteiger partial charge in [-0.05, 0) is 24.1 Å². The number of pyridine rings is 1. The highest BCUT2D eigenvalue weighted by Crippen LogP contribution is 2.20. The summed E-state index contributed by atoms with van der Waals surface area (Å²) in [6.07, 6.45) is 3.67. The van der Waals surface area contributed by atoms with Crippen LogP contribution < -0.4 is 5.43 Å². The van der Waals surface area contributed by atoms with Gasteiger partial charge in [-0.25, -0.2) is 10.0 Å². The molecule has 2 aromatic heterocycles. The SMILES string of the molecule is Cc1cc(N=C2NN(Cc3cccnc3)Cc3ccccc32)n[nH]1. The standard InChI is InChI=1S/C18H18N6/c1-13-9-17(22-21-13)20-18-16-7-3-2-6-15(16)12-24(23-18)11-14-5-4-8-19-10-14/h2-10H,11-12H2,1H3,(H2,20,21,22,23). The molecule has 3 aromatic rings. The van der Waals surface area contributed by atoms with E-state index in [0.717, 1.165) is 35.7 Å². The number of rotatable bonds is 3. The highest BCUT2D eigenvalue weighted by atomic mass is 15.5. The lowest BCUT2D eigenvalue weighted by Crippen LogP contribution is -2.45. The molecule has 0 saturated carbocycles. The molecule has 0 saturated heterocycles. The highest BCUT2D eigenvalue weighted by molar-refractivity contribution is 6.01. The third-order valence-electron chi connectivity index (χ3n) is 3.91. The predicted molar refractivity (Wildman–Crippen MR) is 92.6 cm³/mol. The number of H-pyrrole nitrogens is 1. The molecule has 6 heteroatoms. The van der Waals surface area contributed by atoms with Crippen molar-refractivity contribution in [2.24, 2.45) is 4.99 Å². The van der Waals surface area contributed by atoms with Crippen LogP contribution in [0.5, 0.6) is 0 Å². The van der Waals surface area contributed by atoms with Crippen LogP contribution >= 0.6 is 0 Å².